The molecule has 2 aromatic heterocycles. The van der Waals surface area contributed by atoms with E-state index >= 15 is 0 Å². The van der Waals surface area contributed by atoms with Crippen LogP contribution in [0.1, 0.15) is 67.9 Å². The number of pyridine rings is 1. The Labute approximate surface area is 162 Å². The molecular formula is C20H27N5O3. The second-order valence-electron chi connectivity index (χ2n) is 7.94. The third kappa shape index (κ3) is 3.48. The van der Waals surface area contributed by atoms with Crippen LogP contribution in [0.25, 0.3) is 11.0 Å². The molecule has 3 heterocycles. The molecule has 150 valence electrons. The van der Waals surface area contributed by atoms with E-state index in [-0.39, 0.29) is 23.4 Å². The molecule has 2 unspecified atom stereocenters. The highest BCUT2D eigenvalue weighted by Crippen LogP contribution is 2.39. The van der Waals surface area contributed by atoms with Crippen LogP contribution < -0.4 is 21.9 Å². The van der Waals surface area contributed by atoms with Gasteiger partial charge < -0.3 is 10.6 Å². The molecule has 28 heavy (non-hydrogen) atoms. The Morgan fingerprint density at radius 1 is 1.32 bits per heavy atom. The predicted octanol–water partition coefficient (Wildman–Crippen LogP) is 1.24. The van der Waals surface area contributed by atoms with Gasteiger partial charge in [0.15, 0.2) is 5.65 Å². The van der Waals surface area contributed by atoms with Gasteiger partial charge in [-0.25, -0.2) is 9.78 Å². The van der Waals surface area contributed by atoms with E-state index in [9.17, 15) is 14.4 Å². The van der Waals surface area contributed by atoms with E-state index in [0.29, 0.717) is 23.7 Å². The molecule has 1 aliphatic heterocycles. The summed E-state index contributed by atoms with van der Waals surface area (Å²) in [7, 11) is 0. The highest BCUT2D eigenvalue weighted by Gasteiger charge is 2.30. The average Bonchev–Trinajstić information content (AvgIpc) is 3.51. The first kappa shape index (κ1) is 18.9. The molecule has 0 spiro atoms. The molecule has 2 aliphatic rings. The number of aromatic nitrogens is 3. The first-order valence-electron chi connectivity index (χ1n) is 10.2. The van der Waals surface area contributed by atoms with Gasteiger partial charge in [-0.15, -0.1) is 0 Å². The lowest BCUT2D eigenvalue weighted by Crippen LogP contribution is -2.52. The van der Waals surface area contributed by atoms with Gasteiger partial charge in [0.2, 0.25) is 0 Å². The summed E-state index contributed by atoms with van der Waals surface area (Å²) in [6.45, 7) is 5.40. The number of aryl methyl sites for hydroxylation is 1. The second-order valence-corrected chi connectivity index (χ2v) is 7.94. The van der Waals surface area contributed by atoms with Crippen molar-refractivity contribution in [2.45, 2.75) is 70.5 Å². The number of nitrogens with zero attached hydrogens (tertiary/aromatic N) is 2. The molecule has 1 aliphatic carbocycles. The minimum atomic E-state index is -0.554. The van der Waals surface area contributed by atoms with Crippen LogP contribution in [-0.4, -0.2) is 39.1 Å². The monoisotopic (exact) mass is 385 g/mol. The van der Waals surface area contributed by atoms with Crippen LogP contribution in [-0.2, 0) is 6.54 Å². The lowest BCUT2D eigenvalue weighted by Gasteiger charge is -2.30. The van der Waals surface area contributed by atoms with Gasteiger partial charge in [0, 0.05) is 30.2 Å². The first-order chi connectivity index (χ1) is 13.5. The third-order valence-corrected chi connectivity index (χ3v) is 5.73. The van der Waals surface area contributed by atoms with Crippen molar-refractivity contribution in [2.75, 3.05) is 6.54 Å². The van der Waals surface area contributed by atoms with Crippen molar-refractivity contribution >= 4 is 16.9 Å². The number of H-pyrrole nitrogens is 1. The molecule has 2 aromatic rings. The van der Waals surface area contributed by atoms with Crippen molar-refractivity contribution in [3.05, 3.63) is 38.2 Å². The molecule has 1 saturated carbocycles. The Balaban J connectivity index is 1.84. The zero-order valence-corrected chi connectivity index (χ0v) is 16.4. The molecule has 2 atom stereocenters. The zero-order chi connectivity index (χ0) is 19.8. The number of fused-ring (bicyclic) bond motifs is 1. The molecule has 4 rings (SSSR count). The molecular weight excluding hydrogens is 358 g/mol. The van der Waals surface area contributed by atoms with Crippen molar-refractivity contribution in [1.82, 2.24) is 25.2 Å². The number of piperidine rings is 1. The number of aromatic amines is 1. The third-order valence-electron chi connectivity index (χ3n) is 5.73. The summed E-state index contributed by atoms with van der Waals surface area (Å²) in [5.74, 6) is 0.0257. The SMILES string of the molecule is CCCn1c(=O)[nH]c(=O)c2c(C(=O)NC3CCCNC3C)cc(C3CC3)nc21. The number of amides is 1. The Morgan fingerprint density at radius 3 is 2.79 bits per heavy atom. The lowest BCUT2D eigenvalue weighted by molar-refractivity contribution is 0.0921. The van der Waals surface area contributed by atoms with Crippen molar-refractivity contribution in [1.29, 1.82) is 0 Å². The molecule has 0 radical (unpaired) electrons. The fourth-order valence-corrected chi connectivity index (χ4v) is 3.98. The van der Waals surface area contributed by atoms with Gasteiger partial charge in [0.25, 0.3) is 11.5 Å². The molecule has 3 N–H and O–H groups in total. The maximum atomic E-state index is 13.2. The Bertz CT molecular complexity index is 1020. The molecule has 2 fully saturated rings. The second kappa shape index (κ2) is 7.50. The molecule has 1 saturated heterocycles. The van der Waals surface area contributed by atoms with E-state index in [1.54, 1.807) is 6.07 Å². The smallest absolute Gasteiger partial charge is 0.329 e. The standard InChI is InChI=1S/C20H27N5O3/c1-3-9-25-17-16(19(27)24-20(25)28)13(10-15(22-17)12-6-7-12)18(26)23-14-5-4-8-21-11(14)2/h10-12,14,21H,3-9H2,1-2H3,(H,23,26)(H,24,27,28). The zero-order valence-electron chi connectivity index (χ0n) is 16.4. The molecule has 0 aromatic carbocycles. The quantitative estimate of drug-likeness (QED) is 0.718. The summed E-state index contributed by atoms with van der Waals surface area (Å²) >= 11 is 0. The van der Waals surface area contributed by atoms with Gasteiger partial charge in [0.05, 0.1) is 10.9 Å². The molecule has 8 heteroatoms. The van der Waals surface area contributed by atoms with Crippen LogP contribution in [0.2, 0.25) is 0 Å². The van der Waals surface area contributed by atoms with Gasteiger partial charge in [0.1, 0.15) is 0 Å². The number of hydrogen-bond acceptors (Lipinski definition) is 5. The first-order valence-corrected chi connectivity index (χ1v) is 10.2. The van der Waals surface area contributed by atoms with Gasteiger partial charge in [-0.05, 0) is 51.6 Å². The van der Waals surface area contributed by atoms with Gasteiger partial charge >= 0.3 is 5.69 Å². The van der Waals surface area contributed by atoms with Gasteiger partial charge in [-0.3, -0.25) is 19.1 Å². The van der Waals surface area contributed by atoms with E-state index in [1.165, 1.54) is 4.57 Å². The van der Waals surface area contributed by atoms with Crippen molar-refractivity contribution in [3.8, 4) is 0 Å². The van der Waals surface area contributed by atoms with Crippen molar-refractivity contribution in [2.24, 2.45) is 0 Å². The van der Waals surface area contributed by atoms with E-state index in [4.69, 9.17) is 0 Å². The Hall–Kier alpha value is -2.48. The highest BCUT2D eigenvalue weighted by atomic mass is 16.2. The lowest BCUT2D eigenvalue weighted by atomic mass is 9.99. The van der Waals surface area contributed by atoms with Crippen molar-refractivity contribution < 1.29 is 4.79 Å². The maximum Gasteiger partial charge on any atom is 0.329 e. The average molecular weight is 385 g/mol. The summed E-state index contributed by atoms with van der Waals surface area (Å²) < 4.78 is 1.48. The normalized spacial score (nSPS) is 22.4. The van der Waals surface area contributed by atoms with Crippen LogP contribution in [0.3, 0.4) is 0 Å². The van der Waals surface area contributed by atoms with E-state index in [2.05, 4.69) is 27.5 Å². The summed E-state index contributed by atoms with van der Waals surface area (Å²) in [6.07, 6.45) is 4.66. The van der Waals surface area contributed by atoms with Gasteiger partial charge in [-0.2, -0.15) is 0 Å². The summed E-state index contributed by atoms with van der Waals surface area (Å²) in [4.78, 5) is 45.1. The van der Waals surface area contributed by atoms with Crippen molar-refractivity contribution in [3.63, 3.8) is 0 Å². The molecule has 0 bridgehead atoms. The largest absolute Gasteiger partial charge is 0.348 e. The molecule has 8 nitrogen and oxygen atoms in total. The van der Waals surface area contributed by atoms with Crippen LogP contribution in [0, 0.1) is 0 Å². The predicted molar refractivity (Wildman–Crippen MR) is 107 cm³/mol. The highest BCUT2D eigenvalue weighted by molar-refractivity contribution is 6.05. The van der Waals surface area contributed by atoms with Gasteiger partial charge in [-0.1, -0.05) is 6.92 Å². The Kier molecular flexibility index (Phi) is 5.05. The number of hydrogen-bond donors (Lipinski definition) is 3. The number of rotatable bonds is 5. The van der Waals surface area contributed by atoms with E-state index < -0.39 is 11.2 Å². The fourth-order valence-electron chi connectivity index (χ4n) is 3.98. The van der Waals surface area contributed by atoms with Crippen LogP contribution in [0.15, 0.2) is 15.7 Å². The van der Waals surface area contributed by atoms with Crippen LogP contribution >= 0.6 is 0 Å². The molecule has 1 amide bonds. The van der Waals surface area contributed by atoms with E-state index in [0.717, 1.165) is 44.3 Å². The summed E-state index contributed by atoms with van der Waals surface area (Å²) in [6, 6.07) is 1.92. The maximum absolute atomic E-state index is 13.2. The number of carbonyl (C=O) groups excluding carboxylic acids is 1. The summed E-state index contributed by atoms with van der Waals surface area (Å²) in [5.41, 5.74) is 0.400. The number of carbonyl (C=O) groups is 1. The summed E-state index contributed by atoms with van der Waals surface area (Å²) in [5, 5.41) is 6.66. The topological polar surface area (TPSA) is 109 Å². The van der Waals surface area contributed by atoms with Crippen LogP contribution in [0.5, 0.6) is 0 Å². The number of nitrogens with one attached hydrogen (secondary N) is 3. The minimum Gasteiger partial charge on any atom is -0.348 e. The minimum absolute atomic E-state index is 0.00877. The van der Waals surface area contributed by atoms with Crippen LogP contribution in [0.4, 0.5) is 0 Å². The van der Waals surface area contributed by atoms with E-state index in [1.807, 2.05) is 6.92 Å². The fraction of sp³-hybridized carbons (Fsp3) is 0.600. The Morgan fingerprint density at radius 2 is 2.11 bits per heavy atom.